The molecule has 1 atom stereocenters. The fourth-order valence-electron chi connectivity index (χ4n) is 4.81. The first-order chi connectivity index (χ1) is 17.9. The molecule has 2 amide bonds. The van der Waals surface area contributed by atoms with Gasteiger partial charge in [0.2, 0.25) is 11.8 Å². The fraction of sp³-hybridized carbons (Fsp3) is 0.300. The van der Waals surface area contributed by atoms with Crippen molar-refractivity contribution in [3.63, 3.8) is 0 Å². The van der Waals surface area contributed by atoms with Crippen LogP contribution in [0.4, 0.5) is 11.4 Å². The van der Waals surface area contributed by atoms with Crippen LogP contribution in [0.15, 0.2) is 78.9 Å². The topological polar surface area (TPSA) is 127 Å². The standard InChI is InChI=1S/C30H34N4O3.2ClH/c31-19-20-9-11-24(12-10-20)29(36)34-27(18-21-5-4-8-25(32)17-21)30(37)33-26-15-13-23(14-16-26)28(35)22-6-2-1-3-7-22;;/h1-8,13-17,20,24,27H,9-12,18-19,31-32H2,(H,33,37)(H,34,36);2*1H. The van der Waals surface area contributed by atoms with E-state index >= 15 is 0 Å². The van der Waals surface area contributed by atoms with Gasteiger partial charge < -0.3 is 22.1 Å². The Kier molecular flexibility index (Phi) is 12.5. The molecule has 1 fully saturated rings. The predicted octanol–water partition coefficient (Wildman–Crippen LogP) is 4.77. The number of nitrogens with one attached hydrogen (secondary N) is 2. The Hall–Kier alpha value is -3.39. The highest BCUT2D eigenvalue weighted by Crippen LogP contribution is 2.28. The summed E-state index contributed by atoms with van der Waals surface area (Å²) in [6, 6.07) is 22.3. The van der Waals surface area contributed by atoms with Crippen LogP contribution in [0.25, 0.3) is 0 Å². The molecule has 0 bridgehead atoms. The maximum absolute atomic E-state index is 13.3. The highest BCUT2D eigenvalue weighted by atomic mass is 35.5. The van der Waals surface area contributed by atoms with Gasteiger partial charge in [0, 0.05) is 34.8 Å². The van der Waals surface area contributed by atoms with Gasteiger partial charge in [0.15, 0.2) is 5.78 Å². The lowest BCUT2D eigenvalue weighted by Gasteiger charge is -2.28. The number of halogens is 2. The molecular formula is C30H36Cl2N4O3. The van der Waals surface area contributed by atoms with E-state index in [1.54, 1.807) is 42.5 Å². The van der Waals surface area contributed by atoms with Crippen molar-refractivity contribution >= 4 is 53.8 Å². The molecule has 0 heterocycles. The average molecular weight is 572 g/mol. The number of carbonyl (C=O) groups excluding carboxylic acids is 3. The Morgan fingerprint density at radius 2 is 1.46 bits per heavy atom. The van der Waals surface area contributed by atoms with E-state index in [2.05, 4.69) is 10.6 Å². The third-order valence-electron chi connectivity index (χ3n) is 7.03. The van der Waals surface area contributed by atoms with Crippen molar-refractivity contribution in [1.82, 2.24) is 5.32 Å². The summed E-state index contributed by atoms with van der Waals surface area (Å²) in [7, 11) is 0. The van der Waals surface area contributed by atoms with E-state index in [4.69, 9.17) is 11.5 Å². The van der Waals surface area contributed by atoms with Gasteiger partial charge >= 0.3 is 0 Å². The Balaban J connectivity index is 0.00000267. The number of carbonyl (C=O) groups is 3. The molecule has 9 heteroatoms. The van der Waals surface area contributed by atoms with Crippen LogP contribution in [-0.2, 0) is 16.0 Å². The molecule has 1 saturated carbocycles. The summed E-state index contributed by atoms with van der Waals surface area (Å²) in [5.74, 6) is -0.180. The van der Waals surface area contributed by atoms with Crippen LogP contribution in [0.2, 0.25) is 0 Å². The SMILES string of the molecule is Cl.Cl.NCC1CCC(C(=O)NC(Cc2cccc(N)c2)C(=O)Nc2ccc(C(=O)c3ccccc3)cc2)CC1. The van der Waals surface area contributed by atoms with Crippen LogP contribution in [0.5, 0.6) is 0 Å². The number of nitrogen functional groups attached to an aromatic ring is 1. The molecule has 0 aromatic heterocycles. The van der Waals surface area contributed by atoms with Crippen molar-refractivity contribution in [1.29, 1.82) is 0 Å². The van der Waals surface area contributed by atoms with Gasteiger partial charge in [0.1, 0.15) is 6.04 Å². The van der Waals surface area contributed by atoms with Crippen LogP contribution >= 0.6 is 24.8 Å². The Morgan fingerprint density at radius 1 is 0.821 bits per heavy atom. The maximum atomic E-state index is 13.3. The average Bonchev–Trinajstić information content (AvgIpc) is 2.93. The molecule has 0 radical (unpaired) electrons. The van der Waals surface area contributed by atoms with Crippen molar-refractivity contribution in [2.75, 3.05) is 17.6 Å². The smallest absolute Gasteiger partial charge is 0.247 e. The summed E-state index contributed by atoms with van der Waals surface area (Å²) in [6.45, 7) is 0.643. The van der Waals surface area contributed by atoms with E-state index < -0.39 is 6.04 Å². The summed E-state index contributed by atoms with van der Waals surface area (Å²) in [4.78, 5) is 39.1. The first-order valence-electron chi connectivity index (χ1n) is 12.8. The highest BCUT2D eigenvalue weighted by molar-refractivity contribution is 6.09. The van der Waals surface area contributed by atoms with Crippen molar-refractivity contribution in [2.45, 2.75) is 38.1 Å². The third-order valence-corrected chi connectivity index (χ3v) is 7.03. The van der Waals surface area contributed by atoms with Crippen molar-refractivity contribution in [3.05, 3.63) is 95.6 Å². The summed E-state index contributed by atoms with van der Waals surface area (Å²) in [5.41, 5.74) is 14.9. The number of amides is 2. The number of rotatable bonds is 9. The van der Waals surface area contributed by atoms with Gasteiger partial charge in [0.05, 0.1) is 0 Å². The Labute approximate surface area is 241 Å². The first-order valence-corrected chi connectivity index (χ1v) is 12.8. The maximum Gasteiger partial charge on any atom is 0.247 e. The van der Waals surface area contributed by atoms with Crippen LogP contribution < -0.4 is 22.1 Å². The summed E-state index contributed by atoms with van der Waals surface area (Å²) >= 11 is 0. The van der Waals surface area contributed by atoms with Gasteiger partial charge in [-0.25, -0.2) is 0 Å². The second-order valence-corrected chi connectivity index (χ2v) is 9.73. The fourth-order valence-corrected chi connectivity index (χ4v) is 4.81. The number of anilines is 2. The van der Waals surface area contributed by atoms with E-state index in [-0.39, 0.29) is 48.3 Å². The van der Waals surface area contributed by atoms with Gasteiger partial charge in [-0.3, -0.25) is 14.4 Å². The van der Waals surface area contributed by atoms with E-state index in [9.17, 15) is 14.4 Å². The monoisotopic (exact) mass is 570 g/mol. The minimum absolute atomic E-state index is 0. The van der Waals surface area contributed by atoms with E-state index in [1.807, 2.05) is 36.4 Å². The highest BCUT2D eigenvalue weighted by Gasteiger charge is 2.29. The summed E-state index contributed by atoms with van der Waals surface area (Å²) in [6.07, 6.45) is 3.71. The number of benzene rings is 3. The number of ketones is 1. The second kappa shape index (κ2) is 15.3. The van der Waals surface area contributed by atoms with Gasteiger partial charge in [-0.15, -0.1) is 24.8 Å². The van der Waals surface area contributed by atoms with Crippen molar-refractivity contribution in [2.24, 2.45) is 17.6 Å². The van der Waals surface area contributed by atoms with E-state index in [1.165, 1.54) is 0 Å². The molecule has 0 saturated heterocycles. The number of hydrogen-bond donors (Lipinski definition) is 4. The molecule has 1 unspecified atom stereocenters. The van der Waals surface area contributed by atoms with Crippen LogP contribution in [0, 0.1) is 11.8 Å². The number of hydrogen-bond acceptors (Lipinski definition) is 5. The molecule has 0 spiro atoms. The molecule has 39 heavy (non-hydrogen) atoms. The summed E-state index contributed by atoms with van der Waals surface area (Å²) < 4.78 is 0. The molecule has 3 aromatic rings. The normalized spacial score (nSPS) is 17.1. The molecule has 6 N–H and O–H groups in total. The van der Waals surface area contributed by atoms with E-state index in [0.29, 0.717) is 41.4 Å². The first kappa shape index (κ1) is 31.8. The zero-order chi connectivity index (χ0) is 26.2. The molecule has 4 rings (SSSR count). The zero-order valence-electron chi connectivity index (χ0n) is 21.7. The molecular weight excluding hydrogens is 535 g/mol. The molecule has 0 aliphatic heterocycles. The quantitative estimate of drug-likeness (QED) is 0.217. The van der Waals surface area contributed by atoms with Crippen molar-refractivity contribution < 1.29 is 14.4 Å². The van der Waals surface area contributed by atoms with E-state index in [0.717, 1.165) is 31.2 Å². The lowest BCUT2D eigenvalue weighted by Crippen LogP contribution is -2.48. The molecule has 1 aliphatic rings. The predicted molar refractivity (Wildman–Crippen MR) is 160 cm³/mol. The molecule has 3 aromatic carbocycles. The van der Waals surface area contributed by atoms with Crippen LogP contribution in [0.1, 0.15) is 47.2 Å². The zero-order valence-corrected chi connectivity index (χ0v) is 23.3. The van der Waals surface area contributed by atoms with Gasteiger partial charge in [0.25, 0.3) is 0 Å². The van der Waals surface area contributed by atoms with Crippen LogP contribution in [-0.4, -0.2) is 30.2 Å². The van der Waals surface area contributed by atoms with Gasteiger partial charge in [-0.05, 0) is 80.1 Å². The van der Waals surface area contributed by atoms with Gasteiger partial charge in [-0.1, -0.05) is 42.5 Å². The lowest BCUT2D eigenvalue weighted by molar-refractivity contribution is -0.130. The lowest BCUT2D eigenvalue weighted by atomic mass is 9.81. The molecule has 7 nitrogen and oxygen atoms in total. The van der Waals surface area contributed by atoms with Gasteiger partial charge in [-0.2, -0.15) is 0 Å². The third kappa shape index (κ3) is 8.82. The second-order valence-electron chi connectivity index (χ2n) is 9.73. The molecule has 1 aliphatic carbocycles. The Morgan fingerprint density at radius 3 is 2.08 bits per heavy atom. The Bertz CT molecular complexity index is 1230. The summed E-state index contributed by atoms with van der Waals surface area (Å²) in [5, 5.41) is 5.88. The van der Waals surface area contributed by atoms with Crippen LogP contribution in [0.3, 0.4) is 0 Å². The minimum Gasteiger partial charge on any atom is -0.399 e. The minimum atomic E-state index is -0.771. The largest absolute Gasteiger partial charge is 0.399 e. The van der Waals surface area contributed by atoms with Crippen molar-refractivity contribution in [3.8, 4) is 0 Å². The number of nitrogens with two attached hydrogens (primary N) is 2. The molecule has 208 valence electrons.